The molecule has 5 nitrogen and oxygen atoms in total. The number of rotatable bonds is 6. The second-order valence-electron chi connectivity index (χ2n) is 6.84. The fourth-order valence-corrected chi connectivity index (χ4v) is 2.10. The van der Waals surface area contributed by atoms with Crippen molar-refractivity contribution in [1.82, 2.24) is 5.32 Å². The average molecular weight is 323 g/mol. The third-order valence-electron chi connectivity index (χ3n) is 3.09. The van der Waals surface area contributed by atoms with E-state index in [4.69, 9.17) is 9.47 Å². The predicted molar refractivity (Wildman–Crippen MR) is 90.6 cm³/mol. The molecule has 0 fully saturated rings. The van der Waals surface area contributed by atoms with Gasteiger partial charge >= 0.3 is 6.09 Å². The molecule has 23 heavy (non-hydrogen) atoms. The van der Waals surface area contributed by atoms with E-state index in [0.29, 0.717) is 6.42 Å². The normalized spacial score (nSPS) is 14.3. The van der Waals surface area contributed by atoms with Crippen molar-refractivity contribution in [3.63, 3.8) is 0 Å². The first-order valence-corrected chi connectivity index (χ1v) is 8.06. The lowest BCUT2D eigenvalue weighted by Crippen LogP contribution is -2.39. The lowest BCUT2D eigenvalue weighted by molar-refractivity contribution is 0.0417. The summed E-state index contributed by atoms with van der Waals surface area (Å²) < 4.78 is 10.9. The largest absolute Gasteiger partial charge is 0.491 e. The molecule has 0 aliphatic rings. The minimum Gasteiger partial charge on any atom is -0.491 e. The molecule has 2 N–H and O–H groups in total. The summed E-state index contributed by atoms with van der Waals surface area (Å²) >= 11 is 0. The molecular formula is C18H29NO4. The van der Waals surface area contributed by atoms with Gasteiger partial charge in [0, 0.05) is 0 Å². The molecule has 2 atom stereocenters. The van der Waals surface area contributed by atoms with Crippen molar-refractivity contribution in [3.05, 3.63) is 29.8 Å². The van der Waals surface area contributed by atoms with Gasteiger partial charge in [-0.15, -0.1) is 0 Å². The van der Waals surface area contributed by atoms with Crippen LogP contribution < -0.4 is 10.1 Å². The molecule has 1 aromatic rings. The topological polar surface area (TPSA) is 67.8 Å². The standard InChI is InChI=1S/C18H29NO4/c1-7-15(20)16(19-17(21)23-18(4,5)6)13-8-10-14(11-9-13)22-12(2)3/h8-12,15-16,20H,7H2,1-6H3,(H,19,21). The van der Waals surface area contributed by atoms with E-state index in [0.717, 1.165) is 11.3 Å². The Hall–Kier alpha value is -1.75. The molecule has 0 aliphatic carbocycles. The van der Waals surface area contributed by atoms with Gasteiger partial charge in [-0.3, -0.25) is 0 Å². The smallest absolute Gasteiger partial charge is 0.408 e. The average Bonchev–Trinajstić information content (AvgIpc) is 2.42. The van der Waals surface area contributed by atoms with E-state index in [1.54, 1.807) is 20.8 Å². The van der Waals surface area contributed by atoms with E-state index < -0.39 is 23.8 Å². The molecular weight excluding hydrogens is 294 g/mol. The van der Waals surface area contributed by atoms with E-state index in [1.165, 1.54) is 0 Å². The molecule has 0 bridgehead atoms. The highest BCUT2D eigenvalue weighted by Crippen LogP contribution is 2.23. The summed E-state index contributed by atoms with van der Waals surface area (Å²) in [5.74, 6) is 0.755. The van der Waals surface area contributed by atoms with Crippen molar-refractivity contribution in [2.75, 3.05) is 0 Å². The molecule has 0 saturated carbocycles. The number of aliphatic hydroxyl groups excluding tert-OH is 1. The molecule has 1 rings (SSSR count). The fraction of sp³-hybridized carbons (Fsp3) is 0.611. The molecule has 0 aliphatic heterocycles. The van der Waals surface area contributed by atoms with Crippen LogP contribution in [-0.4, -0.2) is 29.0 Å². The molecule has 0 aromatic heterocycles. The summed E-state index contributed by atoms with van der Waals surface area (Å²) in [6.07, 6.45) is -0.625. The van der Waals surface area contributed by atoms with Gasteiger partial charge in [-0.2, -0.15) is 0 Å². The minimum atomic E-state index is -0.695. The highest BCUT2D eigenvalue weighted by Gasteiger charge is 2.25. The van der Waals surface area contributed by atoms with E-state index in [1.807, 2.05) is 45.0 Å². The van der Waals surface area contributed by atoms with E-state index in [-0.39, 0.29) is 6.10 Å². The maximum atomic E-state index is 12.0. The summed E-state index contributed by atoms with van der Waals surface area (Å²) in [5.41, 5.74) is 0.224. The number of nitrogens with one attached hydrogen (secondary N) is 1. The second kappa shape index (κ2) is 8.20. The molecule has 0 heterocycles. The molecule has 130 valence electrons. The Morgan fingerprint density at radius 2 is 1.78 bits per heavy atom. The lowest BCUT2D eigenvalue weighted by atomic mass is 9.99. The molecule has 0 saturated heterocycles. The third-order valence-corrected chi connectivity index (χ3v) is 3.09. The quantitative estimate of drug-likeness (QED) is 0.835. The lowest BCUT2D eigenvalue weighted by Gasteiger charge is -2.26. The van der Waals surface area contributed by atoms with Crippen molar-refractivity contribution < 1.29 is 19.4 Å². The van der Waals surface area contributed by atoms with Crippen molar-refractivity contribution in [2.45, 2.75) is 71.8 Å². The zero-order valence-electron chi connectivity index (χ0n) is 14.9. The van der Waals surface area contributed by atoms with Crippen molar-refractivity contribution in [3.8, 4) is 5.75 Å². The first-order valence-electron chi connectivity index (χ1n) is 8.06. The van der Waals surface area contributed by atoms with Crippen LogP contribution in [0.5, 0.6) is 5.75 Å². The Bertz CT molecular complexity index is 491. The van der Waals surface area contributed by atoms with Crippen molar-refractivity contribution in [2.24, 2.45) is 0 Å². The highest BCUT2D eigenvalue weighted by molar-refractivity contribution is 5.68. The summed E-state index contributed by atoms with van der Waals surface area (Å²) in [6.45, 7) is 11.2. The Morgan fingerprint density at radius 1 is 1.22 bits per heavy atom. The molecule has 0 spiro atoms. The molecule has 0 radical (unpaired) electrons. The van der Waals surface area contributed by atoms with Gasteiger partial charge in [0.1, 0.15) is 11.4 Å². The number of ether oxygens (including phenoxy) is 2. The zero-order chi connectivity index (χ0) is 17.6. The zero-order valence-corrected chi connectivity index (χ0v) is 14.9. The first kappa shape index (κ1) is 19.3. The van der Waals surface area contributed by atoms with Crippen LogP contribution in [0, 0.1) is 0 Å². The maximum absolute atomic E-state index is 12.0. The molecule has 5 heteroatoms. The Morgan fingerprint density at radius 3 is 2.22 bits per heavy atom. The van der Waals surface area contributed by atoms with Gasteiger partial charge in [0.15, 0.2) is 0 Å². The number of carbonyl (C=O) groups excluding carboxylic acids is 1. The molecule has 1 amide bonds. The number of aliphatic hydroxyl groups is 1. The van der Waals surface area contributed by atoms with Gasteiger partial charge in [-0.05, 0) is 58.7 Å². The Labute approximate surface area is 139 Å². The number of amides is 1. The monoisotopic (exact) mass is 323 g/mol. The maximum Gasteiger partial charge on any atom is 0.408 e. The van der Waals surface area contributed by atoms with Crippen LogP contribution in [0.4, 0.5) is 4.79 Å². The number of benzene rings is 1. The van der Waals surface area contributed by atoms with Crippen LogP contribution in [0.25, 0.3) is 0 Å². The SMILES string of the molecule is CCC(O)C(NC(=O)OC(C)(C)C)c1ccc(OC(C)C)cc1. The Balaban J connectivity index is 2.87. The predicted octanol–water partition coefficient (Wildman–Crippen LogP) is 3.81. The number of alkyl carbamates (subject to hydrolysis) is 1. The van der Waals surface area contributed by atoms with E-state index >= 15 is 0 Å². The molecule has 1 aromatic carbocycles. The van der Waals surface area contributed by atoms with Gasteiger partial charge in [0.05, 0.1) is 18.2 Å². The van der Waals surface area contributed by atoms with Gasteiger partial charge in [-0.1, -0.05) is 19.1 Å². The van der Waals surface area contributed by atoms with Crippen LogP contribution in [0.2, 0.25) is 0 Å². The number of hydrogen-bond donors (Lipinski definition) is 2. The highest BCUT2D eigenvalue weighted by atomic mass is 16.6. The van der Waals surface area contributed by atoms with Gasteiger partial charge in [0.2, 0.25) is 0 Å². The third kappa shape index (κ3) is 6.91. The van der Waals surface area contributed by atoms with Crippen LogP contribution in [-0.2, 0) is 4.74 Å². The van der Waals surface area contributed by atoms with E-state index in [9.17, 15) is 9.90 Å². The minimum absolute atomic E-state index is 0.0952. The van der Waals surface area contributed by atoms with Gasteiger partial charge < -0.3 is 19.9 Å². The van der Waals surface area contributed by atoms with Gasteiger partial charge in [-0.25, -0.2) is 4.79 Å². The van der Waals surface area contributed by atoms with Gasteiger partial charge in [0.25, 0.3) is 0 Å². The number of hydrogen-bond acceptors (Lipinski definition) is 4. The summed E-state index contributed by atoms with van der Waals surface area (Å²) in [6, 6.07) is 6.84. The number of carbonyl (C=O) groups is 1. The molecule has 2 unspecified atom stereocenters. The summed E-state index contributed by atoms with van der Waals surface area (Å²) in [4.78, 5) is 12.0. The van der Waals surface area contributed by atoms with Crippen LogP contribution in [0.1, 0.15) is 59.6 Å². The van der Waals surface area contributed by atoms with Crippen molar-refractivity contribution in [1.29, 1.82) is 0 Å². The van der Waals surface area contributed by atoms with E-state index in [2.05, 4.69) is 5.32 Å². The van der Waals surface area contributed by atoms with Crippen molar-refractivity contribution >= 4 is 6.09 Å². The van der Waals surface area contributed by atoms with Crippen LogP contribution in [0.3, 0.4) is 0 Å². The Kier molecular flexibility index (Phi) is 6.88. The van der Waals surface area contributed by atoms with Crippen LogP contribution in [0.15, 0.2) is 24.3 Å². The fourth-order valence-electron chi connectivity index (χ4n) is 2.10. The first-order chi connectivity index (χ1) is 10.6. The second-order valence-corrected chi connectivity index (χ2v) is 6.84. The summed E-state index contributed by atoms with van der Waals surface area (Å²) in [5, 5.41) is 13.0. The van der Waals surface area contributed by atoms with Crippen LogP contribution >= 0.6 is 0 Å². The summed E-state index contributed by atoms with van der Waals surface area (Å²) in [7, 11) is 0.